The van der Waals surface area contributed by atoms with Gasteiger partial charge in [-0.1, -0.05) is 53.2 Å². The van der Waals surface area contributed by atoms with Gasteiger partial charge in [-0.25, -0.2) is 9.99 Å². The minimum absolute atomic E-state index is 0.224. The standard InChI is InChI=1S/C21H20Cl2N4S/c1-13-27(12-19(28-13)14-5-2-6-15(22)11-14)26-10-4-9-18(26)21-24-17-8-3-7-16(23)20(17)25-21/h2-3,5-8,11-13,18H,4,9-10H2,1H3,(H,24,25)/t13?,18-/m0/s1. The van der Waals surface area contributed by atoms with Crippen LogP contribution >= 0.6 is 35.0 Å². The van der Waals surface area contributed by atoms with Crippen LogP contribution in [0.1, 0.15) is 37.2 Å². The first-order chi connectivity index (χ1) is 13.6. The molecule has 0 aliphatic carbocycles. The van der Waals surface area contributed by atoms with E-state index in [1.807, 2.05) is 48.2 Å². The molecule has 4 nitrogen and oxygen atoms in total. The number of aromatic nitrogens is 2. The van der Waals surface area contributed by atoms with E-state index >= 15 is 0 Å². The lowest BCUT2D eigenvalue weighted by molar-refractivity contribution is 0.00255. The van der Waals surface area contributed by atoms with E-state index in [1.54, 1.807) is 0 Å². The molecule has 144 valence electrons. The van der Waals surface area contributed by atoms with Gasteiger partial charge in [0, 0.05) is 22.7 Å². The molecule has 5 rings (SSSR count). The zero-order valence-electron chi connectivity index (χ0n) is 15.4. The topological polar surface area (TPSA) is 35.2 Å². The van der Waals surface area contributed by atoms with Gasteiger partial charge < -0.3 is 4.98 Å². The summed E-state index contributed by atoms with van der Waals surface area (Å²) in [5.41, 5.74) is 3.01. The third-order valence-corrected chi connectivity index (χ3v) is 7.04. The molecule has 2 aliphatic heterocycles. The number of hydrogen-bond donors (Lipinski definition) is 1. The van der Waals surface area contributed by atoms with E-state index < -0.39 is 0 Å². The smallest absolute Gasteiger partial charge is 0.126 e. The van der Waals surface area contributed by atoms with Crippen LogP contribution < -0.4 is 0 Å². The van der Waals surface area contributed by atoms with Gasteiger partial charge in [0.1, 0.15) is 11.3 Å². The Kier molecular flexibility index (Phi) is 4.79. The van der Waals surface area contributed by atoms with Gasteiger partial charge in [-0.05, 0) is 49.6 Å². The van der Waals surface area contributed by atoms with Crippen LogP contribution in [0.15, 0.2) is 48.7 Å². The second kappa shape index (κ2) is 7.30. The van der Waals surface area contributed by atoms with Crippen molar-refractivity contribution in [3.8, 4) is 0 Å². The number of thioether (sulfide) groups is 1. The van der Waals surface area contributed by atoms with Crippen molar-refractivity contribution in [3.63, 3.8) is 0 Å². The summed E-state index contributed by atoms with van der Waals surface area (Å²) in [5.74, 6) is 0.988. The average molecular weight is 431 g/mol. The number of aromatic amines is 1. The molecule has 28 heavy (non-hydrogen) atoms. The molecule has 0 bridgehead atoms. The molecule has 1 unspecified atom stereocenters. The quantitative estimate of drug-likeness (QED) is 0.527. The van der Waals surface area contributed by atoms with Crippen LogP contribution in [-0.4, -0.2) is 31.9 Å². The summed E-state index contributed by atoms with van der Waals surface area (Å²) in [6, 6.07) is 14.2. The Balaban J connectivity index is 1.46. The summed E-state index contributed by atoms with van der Waals surface area (Å²) in [5, 5.41) is 6.57. The van der Waals surface area contributed by atoms with E-state index in [4.69, 9.17) is 28.2 Å². The Morgan fingerprint density at radius 1 is 1.18 bits per heavy atom. The molecular weight excluding hydrogens is 411 g/mol. The fourth-order valence-electron chi connectivity index (χ4n) is 4.04. The van der Waals surface area contributed by atoms with Crippen molar-refractivity contribution in [2.24, 2.45) is 0 Å². The number of rotatable bonds is 3. The Labute approximate surface area is 178 Å². The first-order valence-electron chi connectivity index (χ1n) is 9.43. The number of nitrogens with one attached hydrogen (secondary N) is 1. The first kappa shape index (κ1) is 18.4. The maximum Gasteiger partial charge on any atom is 0.126 e. The molecule has 7 heteroatoms. The number of hydrogen-bond acceptors (Lipinski definition) is 4. The predicted molar refractivity (Wildman–Crippen MR) is 118 cm³/mol. The van der Waals surface area contributed by atoms with Gasteiger partial charge in [-0.15, -0.1) is 0 Å². The zero-order chi connectivity index (χ0) is 19.3. The Hall–Kier alpha value is -1.66. The van der Waals surface area contributed by atoms with E-state index in [-0.39, 0.29) is 6.04 Å². The van der Waals surface area contributed by atoms with Gasteiger partial charge in [0.05, 0.1) is 22.0 Å². The van der Waals surface area contributed by atoms with Crippen molar-refractivity contribution in [3.05, 3.63) is 70.1 Å². The second-order valence-corrected chi connectivity index (χ2v) is 9.38. The minimum Gasteiger partial charge on any atom is -0.341 e. The van der Waals surface area contributed by atoms with Crippen LogP contribution in [0.25, 0.3) is 15.9 Å². The van der Waals surface area contributed by atoms with Crippen LogP contribution in [0.5, 0.6) is 0 Å². The molecule has 2 aromatic carbocycles. The van der Waals surface area contributed by atoms with Gasteiger partial charge >= 0.3 is 0 Å². The molecule has 0 amide bonds. The number of halogens is 2. The lowest BCUT2D eigenvalue weighted by Crippen LogP contribution is -2.41. The highest BCUT2D eigenvalue weighted by Crippen LogP contribution is 2.44. The first-order valence-corrected chi connectivity index (χ1v) is 11.1. The highest BCUT2D eigenvalue weighted by atomic mass is 35.5. The van der Waals surface area contributed by atoms with Crippen LogP contribution in [0.4, 0.5) is 0 Å². The van der Waals surface area contributed by atoms with Crippen molar-refractivity contribution < 1.29 is 0 Å². The predicted octanol–water partition coefficient (Wildman–Crippen LogP) is 6.32. The molecule has 1 fully saturated rings. The maximum absolute atomic E-state index is 6.33. The average Bonchev–Trinajstić information content (AvgIpc) is 3.39. The molecule has 0 radical (unpaired) electrons. The lowest BCUT2D eigenvalue weighted by atomic mass is 10.2. The normalized spacial score (nSPS) is 23.0. The number of benzene rings is 2. The van der Waals surface area contributed by atoms with Gasteiger partial charge in [-0.2, -0.15) is 0 Å². The number of para-hydroxylation sites is 1. The van der Waals surface area contributed by atoms with E-state index in [1.165, 1.54) is 4.91 Å². The summed E-state index contributed by atoms with van der Waals surface area (Å²) in [4.78, 5) is 9.56. The number of fused-ring (bicyclic) bond motifs is 1. The van der Waals surface area contributed by atoms with Crippen molar-refractivity contribution >= 4 is 50.9 Å². The van der Waals surface area contributed by atoms with Crippen LogP contribution in [0.3, 0.4) is 0 Å². The summed E-state index contributed by atoms with van der Waals surface area (Å²) in [7, 11) is 0. The monoisotopic (exact) mass is 430 g/mol. The fraction of sp³-hybridized carbons (Fsp3) is 0.286. The second-order valence-electron chi connectivity index (χ2n) is 7.18. The largest absolute Gasteiger partial charge is 0.341 e. The van der Waals surface area contributed by atoms with Crippen molar-refractivity contribution in [1.82, 2.24) is 20.0 Å². The molecule has 1 saturated heterocycles. The number of H-pyrrole nitrogens is 1. The van der Waals surface area contributed by atoms with E-state index in [9.17, 15) is 0 Å². The molecule has 1 aromatic heterocycles. The van der Waals surface area contributed by atoms with Crippen LogP contribution in [0, 0.1) is 0 Å². The fourth-order valence-corrected chi connectivity index (χ4v) is 5.54. The summed E-state index contributed by atoms with van der Waals surface area (Å²) in [6.45, 7) is 3.25. The lowest BCUT2D eigenvalue weighted by Gasteiger charge is -2.35. The van der Waals surface area contributed by atoms with Crippen LogP contribution in [0.2, 0.25) is 10.0 Å². The summed E-state index contributed by atoms with van der Waals surface area (Å²) < 4.78 is 0. The van der Waals surface area contributed by atoms with Gasteiger partial charge in [-0.3, -0.25) is 5.01 Å². The molecule has 1 N–H and O–H groups in total. The third-order valence-electron chi connectivity index (χ3n) is 5.35. The van der Waals surface area contributed by atoms with Crippen molar-refractivity contribution in [2.45, 2.75) is 31.2 Å². The number of nitrogens with zero attached hydrogens (tertiary/aromatic N) is 3. The minimum atomic E-state index is 0.224. The molecule has 0 saturated carbocycles. The molecular formula is C21H20Cl2N4S. The molecule has 2 atom stereocenters. The molecule has 0 spiro atoms. The van der Waals surface area contributed by atoms with E-state index in [2.05, 4.69) is 34.2 Å². The van der Waals surface area contributed by atoms with Crippen molar-refractivity contribution in [2.75, 3.05) is 6.54 Å². The Morgan fingerprint density at radius 2 is 2.04 bits per heavy atom. The Morgan fingerprint density at radius 3 is 2.86 bits per heavy atom. The summed E-state index contributed by atoms with van der Waals surface area (Å²) in [6.07, 6.45) is 4.46. The number of imidazole rings is 1. The zero-order valence-corrected chi connectivity index (χ0v) is 17.7. The van der Waals surface area contributed by atoms with Crippen LogP contribution in [-0.2, 0) is 0 Å². The van der Waals surface area contributed by atoms with Gasteiger partial charge in [0.25, 0.3) is 0 Å². The summed E-state index contributed by atoms with van der Waals surface area (Å²) >= 11 is 14.4. The van der Waals surface area contributed by atoms with Crippen molar-refractivity contribution in [1.29, 1.82) is 0 Å². The molecule has 2 aliphatic rings. The highest BCUT2D eigenvalue weighted by molar-refractivity contribution is 8.09. The SMILES string of the molecule is CC1SC(c2cccc(Cl)c2)=CN1N1CCC[C@H]1c1nc2c(Cl)cccc2[nH]1. The van der Waals surface area contributed by atoms with E-state index in [0.717, 1.165) is 46.8 Å². The van der Waals surface area contributed by atoms with E-state index in [0.29, 0.717) is 10.4 Å². The van der Waals surface area contributed by atoms with Gasteiger partial charge in [0.15, 0.2) is 0 Å². The molecule has 3 heterocycles. The highest BCUT2D eigenvalue weighted by Gasteiger charge is 2.36. The maximum atomic E-state index is 6.33. The number of hydrazine groups is 1. The molecule has 3 aromatic rings. The third kappa shape index (κ3) is 3.20. The Bertz CT molecular complexity index is 1060. The van der Waals surface area contributed by atoms with Gasteiger partial charge in [0.2, 0.25) is 0 Å².